The Balaban J connectivity index is 3.27. The quantitative estimate of drug-likeness (QED) is 0.0503. The molecule has 0 heterocycles. The van der Waals surface area contributed by atoms with Crippen molar-refractivity contribution < 1.29 is 38.1 Å². The van der Waals surface area contributed by atoms with Gasteiger partial charge >= 0.3 is 23.9 Å². The summed E-state index contributed by atoms with van der Waals surface area (Å²) in [4.78, 5) is 53.3. The van der Waals surface area contributed by atoms with Gasteiger partial charge < -0.3 is 18.9 Å². The zero-order chi connectivity index (χ0) is 33.8. The molecule has 262 valence electrons. The first-order valence-electron chi connectivity index (χ1n) is 18.3. The number of rotatable bonds is 28. The van der Waals surface area contributed by atoms with Gasteiger partial charge in [-0.2, -0.15) is 0 Å². The first-order valence-corrected chi connectivity index (χ1v) is 18.3. The van der Waals surface area contributed by atoms with Crippen LogP contribution in [0, 0.1) is 0 Å². The van der Waals surface area contributed by atoms with Gasteiger partial charge in [-0.3, -0.25) is 0 Å². The lowest BCUT2D eigenvalue weighted by molar-refractivity contribution is 0.0434. The molecule has 8 heteroatoms. The Morgan fingerprint density at radius 2 is 0.543 bits per heavy atom. The Bertz CT molecular complexity index is 848. The molecular formula is C38H62O8. The first-order chi connectivity index (χ1) is 22.4. The molecule has 0 fully saturated rings. The lowest BCUT2D eigenvalue weighted by Gasteiger charge is -2.15. The highest BCUT2D eigenvalue weighted by atomic mass is 16.5. The van der Waals surface area contributed by atoms with Crippen LogP contribution in [0.5, 0.6) is 0 Å². The highest BCUT2D eigenvalue weighted by Crippen LogP contribution is 2.23. The van der Waals surface area contributed by atoms with Crippen LogP contribution >= 0.6 is 0 Å². The summed E-state index contributed by atoms with van der Waals surface area (Å²) in [7, 11) is 0. The molecule has 0 N–H and O–H groups in total. The molecule has 1 aromatic carbocycles. The van der Waals surface area contributed by atoms with Gasteiger partial charge in [-0.1, -0.05) is 130 Å². The normalized spacial score (nSPS) is 10.9. The number of carbonyl (C=O) groups is 4. The van der Waals surface area contributed by atoms with Crippen molar-refractivity contribution in [1.29, 1.82) is 0 Å². The fourth-order valence-corrected chi connectivity index (χ4v) is 5.07. The van der Waals surface area contributed by atoms with Gasteiger partial charge in [0.1, 0.15) is 0 Å². The SMILES string of the molecule is CCCCCCCOC(=O)c1cc(C(=O)OCCCCCCC)c(C(=O)OCCCCCCC)cc1C(=O)OCCCCCCC. The van der Waals surface area contributed by atoms with Crippen LogP contribution in [0.15, 0.2) is 12.1 Å². The topological polar surface area (TPSA) is 105 Å². The minimum atomic E-state index is -0.741. The number of hydrogen-bond acceptors (Lipinski definition) is 8. The van der Waals surface area contributed by atoms with Crippen molar-refractivity contribution in [2.45, 2.75) is 156 Å². The zero-order valence-corrected chi connectivity index (χ0v) is 29.4. The molecule has 0 radical (unpaired) electrons. The van der Waals surface area contributed by atoms with Crippen LogP contribution < -0.4 is 0 Å². The molecule has 0 aliphatic rings. The van der Waals surface area contributed by atoms with E-state index in [-0.39, 0.29) is 48.7 Å². The molecule has 0 aromatic heterocycles. The molecule has 0 atom stereocenters. The molecule has 0 unspecified atom stereocenters. The zero-order valence-electron chi connectivity index (χ0n) is 29.4. The van der Waals surface area contributed by atoms with Crippen LogP contribution in [0.2, 0.25) is 0 Å². The summed E-state index contributed by atoms with van der Waals surface area (Å²) >= 11 is 0. The van der Waals surface area contributed by atoms with Gasteiger partial charge in [0.05, 0.1) is 48.7 Å². The maximum atomic E-state index is 13.3. The third kappa shape index (κ3) is 17.7. The van der Waals surface area contributed by atoms with Crippen molar-refractivity contribution in [3.8, 4) is 0 Å². The Morgan fingerprint density at radius 3 is 0.739 bits per heavy atom. The molecule has 0 bridgehead atoms. The summed E-state index contributed by atoms with van der Waals surface area (Å²) in [5.41, 5.74) is -0.461. The smallest absolute Gasteiger partial charge is 0.339 e. The predicted octanol–water partition coefficient (Wildman–Crippen LogP) is 10.2. The van der Waals surface area contributed by atoms with Crippen LogP contribution in [0.3, 0.4) is 0 Å². The summed E-state index contributed by atoms with van der Waals surface area (Å²) < 4.78 is 22.1. The van der Waals surface area contributed by atoms with Crippen molar-refractivity contribution in [3.63, 3.8) is 0 Å². The van der Waals surface area contributed by atoms with E-state index in [0.717, 1.165) is 103 Å². The number of ether oxygens (including phenoxy) is 4. The van der Waals surface area contributed by atoms with E-state index < -0.39 is 23.9 Å². The highest BCUT2D eigenvalue weighted by Gasteiger charge is 2.29. The van der Waals surface area contributed by atoms with E-state index in [1.807, 2.05) is 0 Å². The maximum absolute atomic E-state index is 13.3. The monoisotopic (exact) mass is 646 g/mol. The lowest BCUT2D eigenvalue weighted by atomic mass is 9.97. The van der Waals surface area contributed by atoms with Gasteiger partial charge in [0, 0.05) is 0 Å². The summed E-state index contributed by atoms with van der Waals surface area (Å²) in [6, 6.07) is 2.49. The van der Waals surface area contributed by atoms with Crippen LogP contribution in [0.25, 0.3) is 0 Å². The molecule has 0 aliphatic heterocycles. The minimum absolute atomic E-state index is 0.115. The molecule has 1 aromatic rings. The number of esters is 4. The van der Waals surface area contributed by atoms with Gasteiger partial charge in [-0.25, -0.2) is 19.2 Å². The van der Waals surface area contributed by atoms with E-state index in [2.05, 4.69) is 27.7 Å². The number of benzene rings is 1. The number of carbonyl (C=O) groups excluding carboxylic acids is 4. The lowest BCUT2D eigenvalue weighted by Crippen LogP contribution is -2.21. The minimum Gasteiger partial charge on any atom is -0.462 e. The van der Waals surface area contributed by atoms with Gasteiger partial charge in [-0.05, 0) is 37.8 Å². The Labute approximate surface area is 278 Å². The third-order valence-electron chi connectivity index (χ3n) is 7.96. The van der Waals surface area contributed by atoms with Crippen molar-refractivity contribution >= 4 is 23.9 Å². The van der Waals surface area contributed by atoms with E-state index in [1.165, 1.54) is 12.1 Å². The number of hydrogen-bond donors (Lipinski definition) is 0. The predicted molar refractivity (Wildman–Crippen MR) is 183 cm³/mol. The second-order valence-electron chi connectivity index (χ2n) is 12.1. The van der Waals surface area contributed by atoms with E-state index >= 15 is 0 Å². The molecule has 1 rings (SSSR count). The van der Waals surface area contributed by atoms with Crippen molar-refractivity contribution in [2.75, 3.05) is 26.4 Å². The second-order valence-corrected chi connectivity index (χ2v) is 12.1. The average Bonchev–Trinajstić information content (AvgIpc) is 3.06. The van der Waals surface area contributed by atoms with Crippen LogP contribution in [0.4, 0.5) is 0 Å². The summed E-state index contributed by atoms with van der Waals surface area (Å²) in [6.45, 7) is 9.28. The molecule has 46 heavy (non-hydrogen) atoms. The average molecular weight is 647 g/mol. The van der Waals surface area contributed by atoms with E-state index in [4.69, 9.17) is 18.9 Å². The van der Waals surface area contributed by atoms with E-state index in [0.29, 0.717) is 25.7 Å². The van der Waals surface area contributed by atoms with Crippen LogP contribution in [0.1, 0.15) is 198 Å². The molecule has 0 saturated heterocycles. The van der Waals surface area contributed by atoms with Crippen molar-refractivity contribution in [1.82, 2.24) is 0 Å². The molecular weight excluding hydrogens is 584 g/mol. The van der Waals surface area contributed by atoms with Crippen molar-refractivity contribution in [3.05, 3.63) is 34.4 Å². The third-order valence-corrected chi connectivity index (χ3v) is 7.96. The molecule has 0 amide bonds. The molecule has 0 saturated carbocycles. The largest absolute Gasteiger partial charge is 0.462 e. The summed E-state index contributed by atoms with van der Waals surface area (Å²) in [5, 5.41) is 0. The molecule has 0 spiro atoms. The first kappa shape index (κ1) is 41.1. The Kier molecular flexibility index (Phi) is 24.3. The molecule has 0 aliphatic carbocycles. The van der Waals surface area contributed by atoms with Crippen LogP contribution in [-0.4, -0.2) is 50.3 Å². The van der Waals surface area contributed by atoms with Crippen LogP contribution in [-0.2, 0) is 18.9 Å². The Morgan fingerprint density at radius 1 is 0.348 bits per heavy atom. The second kappa shape index (κ2) is 27.2. The number of unbranched alkanes of at least 4 members (excludes halogenated alkanes) is 16. The maximum Gasteiger partial charge on any atom is 0.339 e. The molecule has 8 nitrogen and oxygen atoms in total. The fraction of sp³-hybridized carbons (Fsp3) is 0.737. The fourth-order valence-electron chi connectivity index (χ4n) is 5.07. The van der Waals surface area contributed by atoms with Gasteiger partial charge in [0.2, 0.25) is 0 Å². The van der Waals surface area contributed by atoms with Crippen molar-refractivity contribution in [2.24, 2.45) is 0 Å². The van der Waals surface area contributed by atoms with Gasteiger partial charge in [0.15, 0.2) is 0 Å². The van der Waals surface area contributed by atoms with E-state index in [1.54, 1.807) is 0 Å². The van der Waals surface area contributed by atoms with E-state index in [9.17, 15) is 19.2 Å². The summed E-state index contributed by atoms with van der Waals surface area (Å²) in [5.74, 6) is -2.96. The Hall–Kier alpha value is -2.90. The highest BCUT2D eigenvalue weighted by molar-refractivity contribution is 6.10. The standard InChI is InChI=1S/C38H62O8/c1-5-9-13-17-21-25-43-35(39)31-29-33(37(41)45-27-23-19-15-11-7-3)34(38(42)46-28-24-20-16-12-8-4)30-32(31)36(40)44-26-22-18-14-10-6-2/h29-30H,5-28H2,1-4H3. The van der Waals surface area contributed by atoms with Gasteiger partial charge in [0.25, 0.3) is 0 Å². The summed E-state index contributed by atoms with van der Waals surface area (Å²) in [6.07, 6.45) is 19.5. The van der Waals surface area contributed by atoms with Gasteiger partial charge in [-0.15, -0.1) is 0 Å².